The van der Waals surface area contributed by atoms with Crippen molar-refractivity contribution >= 4 is 12.0 Å². The lowest BCUT2D eigenvalue weighted by Gasteiger charge is -2.20. The van der Waals surface area contributed by atoms with Crippen molar-refractivity contribution in [3.05, 3.63) is 12.2 Å². The van der Waals surface area contributed by atoms with E-state index < -0.39 is 6.09 Å². The lowest BCUT2D eigenvalue weighted by molar-refractivity contribution is -0.132. The lowest BCUT2D eigenvalue weighted by atomic mass is 9.92. The quantitative estimate of drug-likeness (QED) is 0.606. The van der Waals surface area contributed by atoms with Gasteiger partial charge in [-0.15, -0.1) is 0 Å². The largest absolute Gasteiger partial charge is 0.447 e. The minimum Gasteiger partial charge on any atom is -0.447 e. The molecule has 3 rings (SSSR count). The highest BCUT2D eigenvalue weighted by Crippen LogP contribution is 2.44. The molecule has 80 valence electrons. The van der Waals surface area contributed by atoms with Crippen LogP contribution in [0.2, 0.25) is 0 Å². The van der Waals surface area contributed by atoms with Gasteiger partial charge < -0.3 is 4.74 Å². The van der Waals surface area contributed by atoms with E-state index in [4.69, 9.17) is 4.74 Å². The number of cyclic esters (lactones) is 1. The van der Waals surface area contributed by atoms with E-state index in [2.05, 4.69) is 12.2 Å². The molecular formula is C11H13NO3. The summed E-state index contributed by atoms with van der Waals surface area (Å²) < 4.78 is 4.77. The Labute approximate surface area is 87.9 Å². The van der Waals surface area contributed by atoms with Gasteiger partial charge in [0.1, 0.15) is 6.61 Å². The molecule has 3 atom stereocenters. The Balaban J connectivity index is 1.75. The standard InChI is InChI=1S/C11H13NO3/c13-10(12-3-4-15-11(12)14)9-6-7-1-2-8(9)5-7/h1-2,7-9H,3-6H2/t7-,8+,9?/m0/s1. The molecule has 1 unspecified atom stereocenters. The number of rotatable bonds is 1. The van der Waals surface area contributed by atoms with E-state index in [0.717, 1.165) is 12.8 Å². The molecule has 0 radical (unpaired) electrons. The van der Waals surface area contributed by atoms with Crippen molar-refractivity contribution in [1.82, 2.24) is 4.90 Å². The SMILES string of the molecule is O=C1OCCN1C(=O)C1C[C@H]2C=C[C@@H]1C2. The van der Waals surface area contributed by atoms with Crippen molar-refractivity contribution in [3.8, 4) is 0 Å². The van der Waals surface area contributed by atoms with Crippen LogP contribution in [-0.4, -0.2) is 30.1 Å². The average molecular weight is 207 g/mol. The molecule has 2 bridgehead atoms. The summed E-state index contributed by atoms with van der Waals surface area (Å²) in [5.41, 5.74) is 0. The molecule has 0 N–H and O–H groups in total. The van der Waals surface area contributed by atoms with Crippen LogP contribution in [0.1, 0.15) is 12.8 Å². The van der Waals surface area contributed by atoms with Crippen molar-refractivity contribution in [2.45, 2.75) is 12.8 Å². The maximum Gasteiger partial charge on any atom is 0.416 e. The number of nitrogens with zero attached hydrogens (tertiary/aromatic N) is 1. The van der Waals surface area contributed by atoms with Crippen LogP contribution in [0, 0.1) is 17.8 Å². The van der Waals surface area contributed by atoms with Crippen LogP contribution in [0.4, 0.5) is 4.79 Å². The Morgan fingerprint density at radius 1 is 1.40 bits per heavy atom. The predicted molar refractivity (Wildman–Crippen MR) is 51.9 cm³/mol. The fourth-order valence-corrected chi connectivity index (χ4v) is 2.86. The second-order valence-electron chi connectivity index (χ2n) is 4.49. The maximum absolute atomic E-state index is 12.0. The molecule has 4 heteroatoms. The zero-order valence-electron chi connectivity index (χ0n) is 8.39. The molecule has 15 heavy (non-hydrogen) atoms. The van der Waals surface area contributed by atoms with Crippen molar-refractivity contribution in [2.75, 3.05) is 13.2 Å². The average Bonchev–Trinajstić information content (AvgIpc) is 2.91. The van der Waals surface area contributed by atoms with Gasteiger partial charge in [0.25, 0.3) is 0 Å². The molecule has 0 spiro atoms. The Bertz CT molecular complexity index is 350. The highest BCUT2D eigenvalue weighted by atomic mass is 16.6. The number of carbonyl (C=O) groups excluding carboxylic acids is 2. The molecule has 3 aliphatic rings. The summed E-state index contributed by atoms with van der Waals surface area (Å²) in [5, 5.41) is 0. The van der Waals surface area contributed by atoms with Crippen LogP contribution in [0.5, 0.6) is 0 Å². The molecule has 1 saturated heterocycles. The zero-order chi connectivity index (χ0) is 10.4. The summed E-state index contributed by atoms with van der Waals surface area (Å²) in [6, 6.07) is 0. The van der Waals surface area contributed by atoms with Gasteiger partial charge in [-0.3, -0.25) is 4.79 Å². The Morgan fingerprint density at radius 2 is 2.27 bits per heavy atom. The lowest BCUT2D eigenvalue weighted by Crippen LogP contribution is -2.38. The van der Waals surface area contributed by atoms with E-state index in [1.54, 1.807) is 0 Å². The fourth-order valence-electron chi connectivity index (χ4n) is 2.86. The van der Waals surface area contributed by atoms with Crippen LogP contribution < -0.4 is 0 Å². The summed E-state index contributed by atoms with van der Waals surface area (Å²) in [6.45, 7) is 0.774. The third kappa shape index (κ3) is 1.28. The van der Waals surface area contributed by atoms with Gasteiger partial charge in [-0.05, 0) is 24.7 Å². The highest BCUT2D eigenvalue weighted by Gasteiger charge is 2.43. The molecule has 2 fully saturated rings. The summed E-state index contributed by atoms with van der Waals surface area (Å²) in [4.78, 5) is 24.5. The van der Waals surface area contributed by atoms with Crippen molar-refractivity contribution in [2.24, 2.45) is 17.8 Å². The molecule has 2 aliphatic carbocycles. The minimum atomic E-state index is -0.466. The van der Waals surface area contributed by atoms with E-state index in [9.17, 15) is 9.59 Å². The summed E-state index contributed by atoms with van der Waals surface area (Å²) >= 11 is 0. The van der Waals surface area contributed by atoms with Crippen molar-refractivity contribution in [3.63, 3.8) is 0 Å². The first kappa shape index (κ1) is 8.95. The second kappa shape index (κ2) is 3.08. The van der Waals surface area contributed by atoms with Gasteiger partial charge >= 0.3 is 6.09 Å². The molecule has 1 aliphatic heterocycles. The van der Waals surface area contributed by atoms with Crippen molar-refractivity contribution < 1.29 is 14.3 Å². The Hall–Kier alpha value is -1.32. The van der Waals surface area contributed by atoms with Crippen LogP contribution in [-0.2, 0) is 9.53 Å². The van der Waals surface area contributed by atoms with Gasteiger partial charge in [-0.2, -0.15) is 0 Å². The Kier molecular flexibility index (Phi) is 1.84. The molecular weight excluding hydrogens is 194 g/mol. The van der Waals surface area contributed by atoms with E-state index in [1.165, 1.54) is 4.90 Å². The van der Waals surface area contributed by atoms with Gasteiger partial charge in [-0.25, -0.2) is 9.69 Å². The molecule has 0 aromatic rings. The van der Waals surface area contributed by atoms with Gasteiger partial charge in [0.05, 0.1) is 6.54 Å². The maximum atomic E-state index is 12.0. The number of hydrogen-bond acceptors (Lipinski definition) is 3. The number of allylic oxidation sites excluding steroid dienone is 2. The predicted octanol–water partition coefficient (Wildman–Crippen LogP) is 1.18. The van der Waals surface area contributed by atoms with E-state index in [1.807, 2.05) is 0 Å². The van der Waals surface area contributed by atoms with Crippen LogP contribution in [0.3, 0.4) is 0 Å². The van der Waals surface area contributed by atoms with Gasteiger partial charge in [-0.1, -0.05) is 12.2 Å². The molecule has 1 heterocycles. The minimum absolute atomic E-state index is 0.0191. The first-order valence-corrected chi connectivity index (χ1v) is 5.42. The first-order chi connectivity index (χ1) is 7.25. The topological polar surface area (TPSA) is 46.6 Å². The summed E-state index contributed by atoms with van der Waals surface area (Å²) in [7, 11) is 0. The van der Waals surface area contributed by atoms with Gasteiger partial charge in [0.15, 0.2) is 0 Å². The van der Waals surface area contributed by atoms with Gasteiger partial charge in [0.2, 0.25) is 5.91 Å². The third-order valence-corrected chi connectivity index (χ3v) is 3.62. The molecule has 2 amide bonds. The Morgan fingerprint density at radius 3 is 2.80 bits per heavy atom. The number of hydrogen-bond donors (Lipinski definition) is 0. The molecule has 4 nitrogen and oxygen atoms in total. The summed E-state index contributed by atoms with van der Waals surface area (Å²) in [6.07, 6.45) is 5.84. The molecule has 1 saturated carbocycles. The number of ether oxygens (including phenoxy) is 1. The molecule has 0 aromatic heterocycles. The van der Waals surface area contributed by atoms with E-state index >= 15 is 0 Å². The normalized spacial score (nSPS) is 37.5. The smallest absolute Gasteiger partial charge is 0.416 e. The second-order valence-corrected chi connectivity index (χ2v) is 4.49. The number of amides is 2. The van der Waals surface area contributed by atoms with Crippen LogP contribution in [0.25, 0.3) is 0 Å². The fraction of sp³-hybridized carbons (Fsp3) is 0.636. The van der Waals surface area contributed by atoms with Crippen molar-refractivity contribution in [1.29, 1.82) is 0 Å². The van der Waals surface area contributed by atoms with Crippen LogP contribution >= 0.6 is 0 Å². The monoisotopic (exact) mass is 207 g/mol. The van der Waals surface area contributed by atoms with Crippen LogP contribution in [0.15, 0.2) is 12.2 Å². The van der Waals surface area contributed by atoms with Gasteiger partial charge in [0, 0.05) is 5.92 Å². The zero-order valence-corrected chi connectivity index (χ0v) is 8.39. The first-order valence-electron chi connectivity index (χ1n) is 5.42. The number of carbonyl (C=O) groups is 2. The van der Waals surface area contributed by atoms with E-state index in [0.29, 0.717) is 25.0 Å². The number of fused-ring (bicyclic) bond motifs is 2. The summed E-state index contributed by atoms with van der Waals surface area (Å²) in [5.74, 6) is 0.901. The highest BCUT2D eigenvalue weighted by molar-refractivity contribution is 5.94. The van der Waals surface area contributed by atoms with E-state index in [-0.39, 0.29) is 11.8 Å². The molecule has 0 aromatic carbocycles. The number of imide groups is 1. The third-order valence-electron chi connectivity index (χ3n) is 3.62.